The van der Waals surface area contributed by atoms with Crippen LogP contribution in [0.3, 0.4) is 0 Å². The van der Waals surface area contributed by atoms with E-state index in [0.29, 0.717) is 45.4 Å². The summed E-state index contributed by atoms with van der Waals surface area (Å²) in [6.45, 7) is 8.76. The van der Waals surface area contributed by atoms with E-state index in [-0.39, 0.29) is 6.10 Å². The molecule has 2 unspecified atom stereocenters. The number of nitrogens with one attached hydrogen (secondary N) is 1. The van der Waals surface area contributed by atoms with E-state index in [1.165, 1.54) is 6.42 Å². The molecule has 2 N–H and O–H groups in total. The average molecular weight is 275 g/mol. The summed E-state index contributed by atoms with van der Waals surface area (Å²) < 4.78 is 16.2. The maximum atomic E-state index is 9.73. The van der Waals surface area contributed by atoms with Crippen molar-refractivity contribution in [3.8, 4) is 0 Å². The van der Waals surface area contributed by atoms with Gasteiger partial charge >= 0.3 is 0 Å². The van der Waals surface area contributed by atoms with Crippen LogP contribution in [0.2, 0.25) is 0 Å². The molecule has 0 aromatic carbocycles. The van der Waals surface area contributed by atoms with Crippen molar-refractivity contribution >= 4 is 0 Å². The number of ether oxygens (including phenoxy) is 3. The molecular weight excluding hydrogens is 246 g/mol. The van der Waals surface area contributed by atoms with E-state index in [1.54, 1.807) is 0 Å². The molecule has 1 rings (SSSR count). The van der Waals surface area contributed by atoms with E-state index >= 15 is 0 Å². The Morgan fingerprint density at radius 3 is 2.89 bits per heavy atom. The van der Waals surface area contributed by atoms with Gasteiger partial charge in [-0.3, -0.25) is 0 Å². The molecule has 114 valence electrons. The summed E-state index contributed by atoms with van der Waals surface area (Å²) >= 11 is 0. The van der Waals surface area contributed by atoms with Crippen molar-refractivity contribution in [3.05, 3.63) is 0 Å². The molecule has 0 aromatic rings. The van der Waals surface area contributed by atoms with Crippen LogP contribution in [0.5, 0.6) is 0 Å². The van der Waals surface area contributed by atoms with Gasteiger partial charge in [-0.2, -0.15) is 0 Å². The van der Waals surface area contributed by atoms with Crippen LogP contribution in [0, 0.1) is 5.92 Å². The van der Waals surface area contributed by atoms with Crippen LogP contribution in [0.25, 0.3) is 0 Å². The minimum Gasteiger partial charge on any atom is -0.389 e. The fraction of sp³-hybridized carbons (Fsp3) is 1.00. The summed E-state index contributed by atoms with van der Waals surface area (Å²) in [5, 5.41) is 12.9. The maximum Gasteiger partial charge on any atom is 0.0933 e. The highest BCUT2D eigenvalue weighted by molar-refractivity contribution is 4.66. The molecule has 1 aliphatic heterocycles. The fourth-order valence-electron chi connectivity index (χ4n) is 1.94. The molecule has 0 aromatic heterocycles. The quantitative estimate of drug-likeness (QED) is 0.578. The van der Waals surface area contributed by atoms with Crippen LogP contribution in [0.15, 0.2) is 0 Å². The third kappa shape index (κ3) is 9.35. The highest BCUT2D eigenvalue weighted by Gasteiger charge is 2.14. The van der Waals surface area contributed by atoms with E-state index in [1.807, 2.05) is 0 Å². The van der Waals surface area contributed by atoms with E-state index in [9.17, 15) is 5.11 Å². The molecule has 0 amide bonds. The maximum absolute atomic E-state index is 9.73. The molecule has 1 fully saturated rings. The predicted octanol–water partition coefficient (Wildman–Crippen LogP) is 0.805. The first kappa shape index (κ1) is 16.9. The zero-order chi connectivity index (χ0) is 13.9. The van der Waals surface area contributed by atoms with Gasteiger partial charge in [0.25, 0.3) is 0 Å². The largest absolute Gasteiger partial charge is 0.389 e. The molecule has 5 nitrogen and oxygen atoms in total. The van der Waals surface area contributed by atoms with Gasteiger partial charge in [0.05, 0.1) is 38.6 Å². The van der Waals surface area contributed by atoms with E-state index in [4.69, 9.17) is 14.2 Å². The van der Waals surface area contributed by atoms with Crippen LogP contribution in [0.4, 0.5) is 0 Å². The molecule has 1 heterocycles. The number of hydrogen-bond acceptors (Lipinski definition) is 5. The lowest BCUT2D eigenvalue weighted by atomic mass is 10.1. The average Bonchev–Trinajstić information content (AvgIpc) is 2.39. The highest BCUT2D eigenvalue weighted by Crippen LogP contribution is 2.03. The monoisotopic (exact) mass is 275 g/mol. The summed E-state index contributed by atoms with van der Waals surface area (Å²) in [7, 11) is 0. The first-order valence-electron chi connectivity index (χ1n) is 7.34. The third-order valence-corrected chi connectivity index (χ3v) is 3.02. The van der Waals surface area contributed by atoms with Gasteiger partial charge in [-0.05, 0) is 18.8 Å². The van der Waals surface area contributed by atoms with Crippen molar-refractivity contribution in [1.29, 1.82) is 0 Å². The van der Waals surface area contributed by atoms with Crippen molar-refractivity contribution in [2.45, 2.75) is 38.9 Å². The Labute approximate surface area is 116 Å². The molecule has 2 atom stereocenters. The second-order valence-electron chi connectivity index (χ2n) is 5.49. The van der Waals surface area contributed by atoms with E-state index < -0.39 is 6.10 Å². The van der Waals surface area contributed by atoms with E-state index in [0.717, 1.165) is 13.0 Å². The molecule has 1 saturated heterocycles. The van der Waals surface area contributed by atoms with Gasteiger partial charge in [-0.15, -0.1) is 0 Å². The minimum atomic E-state index is -0.455. The Kier molecular flexibility index (Phi) is 9.38. The van der Waals surface area contributed by atoms with Crippen molar-refractivity contribution in [2.75, 3.05) is 46.1 Å². The molecule has 5 heteroatoms. The van der Waals surface area contributed by atoms with Gasteiger partial charge in [0.2, 0.25) is 0 Å². The molecule has 0 radical (unpaired) electrons. The van der Waals surface area contributed by atoms with Gasteiger partial charge in [0.15, 0.2) is 0 Å². The SMILES string of the molecule is CC(C)CCCOCC(O)CNCC1COCCO1. The molecule has 0 bridgehead atoms. The van der Waals surface area contributed by atoms with Crippen LogP contribution in [-0.4, -0.2) is 63.4 Å². The van der Waals surface area contributed by atoms with Gasteiger partial charge < -0.3 is 24.6 Å². The number of aliphatic hydroxyl groups excluding tert-OH is 1. The predicted molar refractivity (Wildman–Crippen MR) is 74.3 cm³/mol. The smallest absolute Gasteiger partial charge is 0.0933 e. The number of hydrogen-bond donors (Lipinski definition) is 2. The zero-order valence-electron chi connectivity index (χ0n) is 12.3. The Balaban J connectivity index is 1.88. The van der Waals surface area contributed by atoms with Gasteiger partial charge in [-0.25, -0.2) is 0 Å². The van der Waals surface area contributed by atoms with Gasteiger partial charge in [0.1, 0.15) is 0 Å². The first-order chi connectivity index (χ1) is 9.18. The van der Waals surface area contributed by atoms with Gasteiger partial charge in [0, 0.05) is 19.7 Å². The second kappa shape index (κ2) is 10.6. The lowest BCUT2D eigenvalue weighted by Crippen LogP contribution is -2.40. The summed E-state index contributed by atoms with van der Waals surface area (Å²) in [5.41, 5.74) is 0. The Morgan fingerprint density at radius 1 is 1.37 bits per heavy atom. The third-order valence-electron chi connectivity index (χ3n) is 3.02. The summed E-state index contributed by atoms with van der Waals surface area (Å²) in [6, 6.07) is 0. The summed E-state index contributed by atoms with van der Waals surface area (Å²) in [6.07, 6.45) is 1.88. The van der Waals surface area contributed by atoms with Crippen molar-refractivity contribution in [2.24, 2.45) is 5.92 Å². The lowest BCUT2D eigenvalue weighted by molar-refractivity contribution is -0.0871. The number of rotatable bonds is 10. The Hall–Kier alpha value is -0.200. The second-order valence-corrected chi connectivity index (χ2v) is 5.49. The van der Waals surface area contributed by atoms with Gasteiger partial charge in [-0.1, -0.05) is 13.8 Å². The standard InChI is InChI=1S/C14H29NO4/c1-12(2)4-3-5-17-10-13(16)8-15-9-14-11-18-6-7-19-14/h12-16H,3-11H2,1-2H3. The molecule has 0 spiro atoms. The fourth-order valence-corrected chi connectivity index (χ4v) is 1.94. The van der Waals surface area contributed by atoms with Crippen LogP contribution < -0.4 is 5.32 Å². The molecule has 0 aliphatic carbocycles. The van der Waals surface area contributed by atoms with Crippen LogP contribution in [-0.2, 0) is 14.2 Å². The highest BCUT2D eigenvalue weighted by atomic mass is 16.6. The molecule has 0 saturated carbocycles. The summed E-state index contributed by atoms with van der Waals surface area (Å²) in [4.78, 5) is 0. The van der Waals surface area contributed by atoms with Crippen molar-refractivity contribution < 1.29 is 19.3 Å². The normalized spacial score (nSPS) is 21.8. The van der Waals surface area contributed by atoms with Crippen LogP contribution in [0.1, 0.15) is 26.7 Å². The summed E-state index contributed by atoms with van der Waals surface area (Å²) in [5.74, 6) is 0.716. The van der Waals surface area contributed by atoms with Crippen molar-refractivity contribution in [3.63, 3.8) is 0 Å². The Bertz CT molecular complexity index is 208. The van der Waals surface area contributed by atoms with E-state index in [2.05, 4.69) is 19.2 Å². The van der Waals surface area contributed by atoms with Crippen LogP contribution >= 0.6 is 0 Å². The zero-order valence-corrected chi connectivity index (χ0v) is 12.3. The number of aliphatic hydroxyl groups is 1. The molecule has 1 aliphatic rings. The topological polar surface area (TPSA) is 60.0 Å². The molecule has 19 heavy (non-hydrogen) atoms. The minimum absolute atomic E-state index is 0.105. The van der Waals surface area contributed by atoms with Crippen molar-refractivity contribution in [1.82, 2.24) is 5.32 Å². The first-order valence-corrected chi connectivity index (χ1v) is 7.34. The Morgan fingerprint density at radius 2 is 2.21 bits per heavy atom. The molecular formula is C14H29NO4. The lowest BCUT2D eigenvalue weighted by Gasteiger charge is -2.23.